The Bertz CT molecular complexity index is 472. The van der Waals surface area contributed by atoms with Gasteiger partial charge in [0.15, 0.2) is 11.6 Å². The van der Waals surface area contributed by atoms with Crippen molar-refractivity contribution in [1.82, 2.24) is 0 Å². The van der Waals surface area contributed by atoms with Crippen LogP contribution in [0.3, 0.4) is 0 Å². The third-order valence-electron chi connectivity index (χ3n) is 4.41. The lowest BCUT2D eigenvalue weighted by Crippen LogP contribution is -2.41. The van der Waals surface area contributed by atoms with E-state index in [0.717, 1.165) is 31.2 Å². The van der Waals surface area contributed by atoms with Crippen LogP contribution < -0.4 is 4.74 Å². The number of halogens is 2. The fraction of sp³-hybridized carbons (Fsp3) is 0.625. The molecule has 4 heteroatoms. The molecular formula is C16H20ClFO2. The lowest BCUT2D eigenvalue weighted by atomic mass is 9.90. The number of hydrogen-bond acceptors (Lipinski definition) is 2. The molecule has 0 radical (unpaired) electrons. The standard InChI is InChI=1S/C16H20ClFO2/c17-11-12-3-4-15(14(18)9-12)20-13-5-8-19-16(10-13)6-1-2-7-16/h3-4,9,13H,1-2,5-8,10-11H2. The van der Waals surface area contributed by atoms with E-state index in [-0.39, 0.29) is 17.5 Å². The van der Waals surface area contributed by atoms with Gasteiger partial charge in [-0.1, -0.05) is 18.9 Å². The van der Waals surface area contributed by atoms with Crippen LogP contribution in [0.5, 0.6) is 5.75 Å². The van der Waals surface area contributed by atoms with E-state index in [2.05, 4.69) is 0 Å². The van der Waals surface area contributed by atoms with E-state index in [0.29, 0.717) is 18.2 Å². The summed E-state index contributed by atoms with van der Waals surface area (Å²) in [5.41, 5.74) is 0.769. The fourth-order valence-electron chi connectivity index (χ4n) is 3.35. The van der Waals surface area contributed by atoms with Crippen molar-refractivity contribution in [3.63, 3.8) is 0 Å². The molecule has 1 spiro atoms. The van der Waals surface area contributed by atoms with Gasteiger partial charge in [0.25, 0.3) is 0 Å². The maximum Gasteiger partial charge on any atom is 0.165 e. The number of alkyl halides is 1. The van der Waals surface area contributed by atoms with E-state index in [1.54, 1.807) is 6.07 Å². The summed E-state index contributed by atoms with van der Waals surface area (Å²) in [6.07, 6.45) is 6.44. The van der Waals surface area contributed by atoms with Gasteiger partial charge >= 0.3 is 0 Å². The zero-order valence-corrected chi connectivity index (χ0v) is 12.3. The molecule has 1 atom stereocenters. The van der Waals surface area contributed by atoms with Crippen molar-refractivity contribution in [3.8, 4) is 5.75 Å². The van der Waals surface area contributed by atoms with Gasteiger partial charge in [0.2, 0.25) is 0 Å². The quantitative estimate of drug-likeness (QED) is 0.768. The molecule has 20 heavy (non-hydrogen) atoms. The molecule has 0 N–H and O–H groups in total. The first-order chi connectivity index (χ1) is 9.71. The van der Waals surface area contributed by atoms with E-state index < -0.39 is 0 Å². The van der Waals surface area contributed by atoms with Gasteiger partial charge in [0, 0.05) is 18.7 Å². The smallest absolute Gasteiger partial charge is 0.165 e. The summed E-state index contributed by atoms with van der Waals surface area (Å²) in [7, 11) is 0. The lowest BCUT2D eigenvalue weighted by molar-refractivity contribution is -0.108. The second-order valence-corrected chi connectivity index (χ2v) is 6.14. The van der Waals surface area contributed by atoms with E-state index >= 15 is 0 Å². The molecule has 1 aromatic rings. The van der Waals surface area contributed by atoms with Crippen molar-refractivity contribution >= 4 is 11.6 Å². The molecule has 1 unspecified atom stereocenters. The van der Waals surface area contributed by atoms with Gasteiger partial charge in [0.05, 0.1) is 12.2 Å². The van der Waals surface area contributed by atoms with Crippen LogP contribution in [0.4, 0.5) is 4.39 Å². The summed E-state index contributed by atoms with van der Waals surface area (Å²) >= 11 is 5.70. The zero-order chi connectivity index (χ0) is 14.0. The minimum atomic E-state index is -0.324. The first-order valence-electron chi connectivity index (χ1n) is 7.36. The minimum absolute atomic E-state index is 0.00449. The van der Waals surface area contributed by atoms with Crippen LogP contribution in [0.1, 0.15) is 44.1 Å². The van der Waals surface area contributed by atoms with Crippen LogP contribution in [0.25, 0.3) is 0 Å². The molecule has 3 rings (SSSR count). The summed E-state index contributed by atoms with van der Waals surface area (Å²) in [6.45, 7) is 0.714. The normalized spacial score (nSPS) is 25.0. The van der Waals surface area contributed by atoms with Crippen LogP contribution in [-0.4, -0.2) is 18.3 Å². The number of rotatable bonds is 3. The third kappa shape index (κ3) is 2.94. The van der Waals surface area contributed by atoms with Crippen LogP contribution >= 0.6 is 11.6 Å². The first-order valence-corrected chi connectivity index (χ1v) is 7.89. The van der Waals surface area contributed by atoms with Crippen molar-refractivity contribution < 1.29 is 13.9 Å². The number of ether oxygens (including phenoxy) is 2. The van der Waals surface area contributed by atoms with Crippen molar-refractivity contribution in [3.05, 3.63) is 29.6 Å². The molecule has 1 saturated heterocycles. The SMILES string of the molecule is Fc1cc(CCl)ccc1OC1CCOC2(CCCC2)C1. The maximum atomic E-state index is 13.9. The molecule has 2 nitrogen and oxygen atoms in total. The monoisotopic (exact) mass is 298 g/mol. The van der Waals surface area contributed by atoms with Crippen LogP contribution in [0.15, 0.2) is 18.2 Å². The van der Waals surface area contributed by atoms with Crippen LogP contribution in [0.2, 0.25) is 0 Å². The van der Waals surface area contributed by atoms with Crippen molar-refractivity contribution in [2.24, 2.45) is 0 Å². The Morgan fingerprint density at radius 3 is 2.85 bits per heavy atom. The Balaban J connectivity index is 1.68. The molecule has 0 amide bonds. The van der Waals surface area contributed by atoms with Crippen molar-refractivity contribution in [1.29, 1.82) is 0 Å². The van der Waals surface area contributed by atoms with E-state index in [9.17, 15) is 4.39 Å². The predicted octanol–water partition coefficient (Wildman–Crippen LogP) is 4.44. The molecule has 110 valence electrons. The van der Waals surface area contributed by atoms with Gasteiger partial charge in [-0.25, -0.2) is 4.39 Å². The highest BCUT2D eigenvalue weighted by atomic mass is 35.5. The van der Waals surface area contributed by atoms with Crippen LogP contribution in [-0.2, 0) is 10.6 Å². The number of benzene rings is 1. The summed E-state index contributed by atoms with van der Waals surface area (Å²) in [6, 6.07) is 4.95. The average molecular weight is 299 g/mol. The molecular weight excluding hydrogens is 279 g/mol. The minimum Gasteiger partial charge on any atom is -0.487 e. The van der Waals surface area contributed by atoms with Crippen molar-refractivity contribution in [2.75, 3.05) is 6.61 Å². The molecule has 1 aliphatic heterocycles. The molecule has 2 aliphatic rings. The van der Waals surface area contributed by atoms with Gasteiger partial charge in [-0.15, -0.1) is 11.6 Å². The van der Waals surface area contributed by atoms with Gasteiger partial charge in [-0.3, -0.25) is 0 Å². The molecule has 1 heterocycles. The van der Waals surface area contributed by atoms with Gasteiger partial charge < -0.3 is 9.47 Å². The molecule has 1 aliphatic carbocycles. The van der Waals surface area contributed by atoms with E-state index in [1.807, 2.05) is 6.07 Å². The Morgan fingerprint density at radius 1 is 1.35 bits per heavy atom. The number of hydrogen-bond donors (Lipinski definition) is 0. The van der Waals surface area contributed by atoms with E-state index in [4.69, 9.17) is 21.1 Å². The second kappa shape index (κ2) is 5.90. The Kier molecular flexibility index (Phi) is 4.18. The van der Waals surface area contributed by atoms with Crippen LogP contribution in [0, 0.1) is 5.82 Å². The average Bonchev–Trinajstić information content (AvgIpc) is 2.89. The zero-order valence-electron chi connectivity index (χ0n) is 11.5. The molecule has 2 fully saturated rings. The maximum absolute atomic E-state index is 13.9. The Morgan fingerprint density at radius 2 is 2.15 bits per heavy atom. The van der Waals surface area contributed by atoms with E-state index in [1.165, 1.54) is 18.9 Å². The summed E-state index contributed by atoms with van der Waals surface area (Å²) in [4.78, 5) is 0. The Hall–Kier alpha value is -0.800. The first kappa shape index (κ1) is 14.2. The van der Waals surface area contributed by atoms with Crippen molar-refractivity contribution in [2.45, 2.75) is 56.1 Å². The largest absolute Gasteiger partial charge is 0.487 e. The Labute approximate surface area is 124 Å². The van der Waals surface area contributed by atoms with Gasteiger partial charge in [-0.05, 0) is 30.5 Å². The summed E-state index contributed by atoms with van der Waals surface area (Å²) < 4.78 is 25.8. The molecule has 0 bridgehead atoms. The summed E-state index contributed by atoms with van der Waals surface area (Å²) in [5.74, 6) is 0.325. The summed E-state index contributed by atoms with van der Waals surface area (Å²) in [5, 5.41) is 0. The fourth-order valence-corrected chi connectivity index (χ4v) is 3.52. The second-order valence-electron chi connectivity index (χ2n) is 5.87. The highest BCUT2D eigenvalue weighted by Crippen LogP contribution is 2.41. The lowest BCUT2D eigenvalue weighted by Gasteiger charge is -2.38. The highest BCUT2D eigenvalue weighted by Gasteiger charge is 2.40. The topological polar surface area (TPSA) is 18.5 Å². The highest BCUT2D eigenvalue weighted by molar-refractivity contribution is 6.17. The molecule has 1 saturated carbocycles. The van der Waals surface area contributed by atoms with Gasteiger partial charge in [-0.2, -0.15) is 0 Å². The molecule has 1 aromatic carbocycles. The predicted molar refractivity (Wildman–Crippen MR) is 76.8 cm³/mol. The molecule has 0 aromatic heterocycles. The third-order valence-corrected chi connectivity index (χ3v) is 4.72. The van der Waals surface area contributed by atoms with Gasteiger partial charge in [0.1, 0.15) is 6.10 Å².